The maximum atomic E-state index is 12.5. The van der Waals surface area contributed by atoms with Gasteiger partial charge in [0.05, 0.1) is 0 Å². The zero-order valence-corrected chi connectivity index (χ0v) is 23.7. The van der Waals surface area contributed by atoms with E-state index in [9.17, 15) is 19.8 Å². The first-order valence-corrected chi connectivity index (χ1v) is 15.3. The second-order valence-electron chi connectivity index (χ2n) is 11.1. The standard InChI is InChI=1S/C31H60O4/c1-4-7-10-13-14-15-18-21-27-31(25-19-16-11-8-5-2,26-20-17-12-9-6-3)28(30(34)35)23-22-24-29(32)33/h28H,4-27H2,1-3H3,(H,32,33)(H,34,35)/p-2. The van der Waals surface area contributed by atoms with Crippen LogP contribution in [0.5, 0.6) is 0 Å². The summed E-state index contributed by atoms with van der Waals surface area (Å²) < 4.78 is 0. The fourth-order valence-electron chi connectivity index (χ4n) is 5.79. The van der Waals surface area contributed by atoms with E-state index in [-0.39, 0.29) is 11.8 Å². The van der Waals surface area contributed by atoms with Gasteiger partial charge >= 0.3 is 0 Å². The predicted molar refractivity (Wildman–Crippen MR) is 144 cm³/mol. The Hall–Kier alpha value is -1.06. The molecule has 0 aliphatic rings. The molecule has 0 fully saturated rings. The number of carboxylic acid groups (broad SMARTS) is 2. The fraction of sp³-hybridized carbons (Fsp3) is 0.935. The maximum Gasteiger partial charge on any atom is 0.0450 e. The molecule has 0 spiro atoms. The molecule has 0 amide bonds. The third kappa shape index (κ3) is 17.9. The van der Waals surface area contributed by atoms with Crippen molar-refractivity contribution in [1.82, 2.24) is 0 Å². The van der Waals surface area contributed by atoms with Crippen molar-refractivity contribution in [1.29, 1.82) is 0 Å². The van der Waals surface area contributed by atoms with Crippen molar-refractivity contribution in [2.45, 2.75) is 175 Å². The van der Waals surface area contributed by atoms with Crippen molar-refractivity contribution in [2.75, 3.05) is 0 Å². The van der Waals surface area contributed by atoms with Crippen LogP contribution in [0.25, 0.3) is 0 Å². The van der Waals surface area contributed by atoms with Gasteiger partial charge in [0, 0.05) is 17.9 Å². The van der Waals surface area contributed by atoms with Gasteiger partial charge in [-0.2, -0.15) is 0 Å². The Bertz CT molecular complexity index is 488. The van der Waals surface area contributed by atoms with Crippen molar-refractivity contribution >= 4 is 11.9 Å². The van der Waals surface area contributed by atoms with E-state index in [1.807, 2.05) is 0 Å². The molecule has 0 aromatic heterocycles. The molecule has 0 aromatic carbocycles. The van der Waals surface area contributed by atoms with Crippen LogP contribution in [0, 0.1) is 11.3 Å². The van der Waals surface area contributed by atoms with Gasteiger partial charge in [0.15, 0.2) is 0 Å². The second-order valence-corrected chi connectivity index (χ2v) is 11.1. The molecule has 0 saturated heterocycles. The predicted octanol–water partition coefficient (Wildman–Crippen LogP) is 7.51. The Morgan fingerprint density at radius 2 is 0.886 bits per heavy atom. The summed E-state index contributed by atoms with van der Waals surface area (Å²) in [4.78, 5) is 23.5. The molecular formula is C31H58O4-2. The highest BCUT2D eigenvalue weighted by atomic mass is 16.4. The summed E-state index contributed by atoms with van der Waals surface area (Å²) in [7, 11) is 0. The molecule has 0 aliphatic carbocycles. The van der Waals surface area contributed by atoms with Crippen LogP contribution in [0.2, 0.25) is 0 Å². The largest absolute Gasteiger partial charge is 0.550 e. The Kier molecular flexibility index (Phi) is 22.6. The second kappa shape index (κ2) is 23.3. The van der Waals surface area contributed by atoms with Gasteiger partial charge in [-0.3, -0.25) is 0 Å². The molecule has 0 saturated carbocycles. The lowest BCUT2D eigenvalue weighted by molar-refractivity contribution is -0.317. The third-order valence-corrected chi connectivity index (χ3v) is 7.98. The number of aliphatic carboxylic acids is 2. The number of carbonyl (C=O) groups is 2. The number of carbonyl (C=O) groups excluding carboxylic acids is 2. The van der Waals surface area contributed by atoms with Gasteiger partial charge in [-0.05, 0) is 43.9 Å². The summed E-state index contributed by atoms with van der Waals surface area (Å²) in [5, 5.41) is 23.5. The Morgan fingerprint density at radius 1 is 0.543 bits per heavy atom. The van der Waals surface area contributed by atoms with Gasteiger partial charge < -0.3 is 19.8 Å². The van der Waals surface area contributed by atoms with E-state index in [0.717, 1.165) is 51.4 Å². The quantitative estimate of drug-likeness (QED) is 0.111. The van der Waals surface area contributed by atoms with E-state index in [1.165, 1.54) is 83.5 Å². The maximum absolute atomic E-state index is 12.5. The minimum Gasteiger partial charge on any atom is -0.550 e. The normalized spacial score (nSPS) is 12.7. The smallest absolute Gasteiger partial charge is 0.0450 e. The van der Waals surface area contributed by atoms with Crippen LogP contribution in [0.4, 0.5) is 0 Å². The Balaban J connectivity index is 5.33. The molecule has 1 atom stereocenters. The monoisotopic (exact) mass is 494 g/mol. The lowest BCUT2D eigenvalue weighted by Gasteiger charge is -2.43. The SMILES string of the molecule is CCCCCCCCCCC(CCCCCCC)(CCCCCCC)C(CCCC(=O)[O-])C(=O)[O-]. The number of unbranched alkanes of at least 4 members (excludes halogenated alkanes) is 15. The number of hydrogen-bond donors (Lipinski definition) is 0. The van der Waals surface area contributed by atoms with Gasteiger partial charge in [0.1, 0.15) is 0 Å². The van der Waals surface area contributed by atoms with Gasteiger partial charge in [0.2, 0.25) is 0 Å². The van der Waals surface area contributed by atoms with Gasteiger partial charge in [-0.1, -0.05) is 136 Å². The fourth-order valence-corrected chi connectivity index (χ4v) is 5.79. The lowest BCUT2D eigenvalue weighted by atomic mass is 9.64. The zero-order chi connectivity index (χ0) is 26.2. The van der Waals surface area contributed by atoms with Crippen LogP contribution in [0.3, 0.4) is 0 Å². The molecule has 0 N–H and O–H groups in total. The molecule has 0 heterocycles. The highest BCUT2D eigenvalue weighted by Gasteiger charge is 2.37. The molecule has 1 unspecified atom stereocenters. The summed E-state index contributed by atoms with van der Waals surface area (Å²) >= 11 is 0. The number of carboxylic acids is 2. The molecule has 0 aromatic rings. The molecule has 4 heteroatoms. The molecule has 35 heavy (non-hydrogen) atoms. The van der Waals surface area contributed by atoms with E-state index in [2.05, 4.69) is 20.8 Å². The molecule has 0 bridgehead atoms. The zero-order valence-electron chi connectivity index (χ0n) is 23.7. The third-order valence-electron chi connectivity index (χ3n) is 7.98. The minimum atomic E-state index is -1.09. The van der Waals surface area contributed by atoms with Gasteiger partial charge in [0.25, 0.3) is 0 Å². The Labute approximate surface area is 218 Å². The van der Waals surface area contributed by atoms with E-state index in [1.54, 1.807) is 0 Å². The average Bonchev–Trinajstić information content (AvgIpc) is 2.82. The van der Waals surface area contributed by atoms with E-state index < -0.39 is 17.9 Å². The summed E-state index contributed by atoms with van der Waals surface area (Å²) in [6, 6.07) is 0. The molecular weight excluding hydrogens is 436 g/mol. The first kappa shape index (κ1) is 33.9. The highest BCUT2D eigenvalue weighted by molar-refractivity contribution is 5.69. The average molecular weight is 495 g/mol. The molecule has 0 rings (SSSR count). The van der Waals surface area contributed by atoms with Gasteiger partial charge in [-0.15, -0.1) is 0 Å². The van der Waals surface area contributed by atoms with E-state index >= 15 is 0 Å². The topological polar surface area (TPSA) is 80.3 Å². The molecule has 0 radical (unpaired) electrons. The molecule has 4 nitrogen and oxygen atoms in total. The van der Waals surface area contributed by atoms with Crippen LogP contribution in [0.15, 0.2) is 0 Å². The summed E-state index contributed by atoms with van der Waals surface area (Å²) in [6.07, 6.45) is 25.2. The van der Waals surface area contributed by atoms with Crippen LogP contribution < -0.4 is 10.2 Å². The summed E-state index contributed by atoms with van der Waals surface area (Å²) in [5.74, 6) is -2.61. The Morgan fingerprint density at radius 3 is 1.20 bits per heavy atom. The number of rotatable bonds is 27. The van der Waals surface area contributed by atoms with E-state index in [4.69, 9.17) is 0 Å². The summed E-state index contributed by atoms with van der Waals surface area (Å²) in [5.41, 5.74) is -0.259. The van der Waals surface area contributed by atoms with Crippen molar-refractivity contribution < 1.29 is 19.8 Å². The molecule has 208 valence electrons. The highest BCUT2D eigenvalue weighted by Crippen LogP contribution is 2.46. The van der Waals surface area contributed by atoms with Crippen LogP contribution >= 0.6 is 0 Å². The van der Waals surface area contributed by atoms with Crippen LogP contribution in [-0.4, -0.2) is 11.9 Å². The van der Waals surface area contributed by atoms with Crippen molar-refractivity contribution in [3.05, 3.63) is 0 Å². The van der Waals surface area contributed by atoms with Crippen molar-refractivity contribution in [2.24, 2.45) is 11.3 Å². The van der Waals surface area contributed by atoms with Crippen LogP contribution in [-0.2, 0) is 9.59 Å². The first-order chi connectivity index (χ1) is 16.9. The van der Waals surface area contributed by atoms with E-state index in [0.29, 0.717) is 12.8 Å². The van der Waals surface area contributed by atoms with Gasteiger partial charge in [-0.25, -0.2) is 0 Å². The van der Waals surface area contributed by atoms with Crippen molar-refractivity contribution in [3.63, 3.8) is 0 Å². The minimum absolute atomic E-state index is 0.0649. The lowest BCUT2D eigenvalue weighted by Crippen LogP contribution is -2.43. The summed E-state index contributed by atoms with van der Waals surface area (Å²) in [6.45, 7) is 6.67. The van der Waals surface area contributed by atoms with Crippen LogP contribution in [0.1, 0.15) is 175 Å². The number of hydrogen-bond acceptors (Lipinski definition) is 4. The van der Waals surface area contributed by atoms with Crippen molar-refractivity contribution in [3.8, 4) is 0 Å². The molecule has 0 aliphatic heterocycles. The first-order valence-electron chi connectivity index (χ1n) is 15.3.